The standard InChI is InChI=1S/C120H170O4/c1-102(2,3)77-53-69-49-74-58-82(107(16,17)18)67-91(116(43,44)45)99(74)123-119(101(121)93(69)85(61-77)110(25,26)27)96-72(56-80(105(10,11)12)64-88(96)113(34,35)36)52-76-60-84(109(22,23)24)68-92(117(46,47)48)100(76)124-120(119)97-73(57-81(106(13,14)15)65-89(97)114(37,38)39)50-70-54-78(103(4,5)6)62-86(111(28,29)30)94(70)118(120)95-71(55-79(104(7,8)9)63-87(95)112(31,32)33)51-75-59-83(108(19,20)21)66-90(98(75)122-118)115(40,41)42/h53-68,101,121H,49-52H2,1-48H3/t101?,118?,119-,120+/m1/s1. The number of benzene rings is 8. The fourth-order valence-corrected chi connectivity index (χ4v) is 20.8. The molecule has 674 valence electrons. The molecule has 8 aromatic rings. The fourth-order valence-electron chi connectivity index (χ4n) is 20.8. The first-order chi connectivity index (χ1) is 55.4. The molecule has 0 amide bonds. The van der Waals surface area contributed by atoms with Crippen LogP contribution in [-0.4, -0.2) is 5.11 Å². The number of ether oxygens (including phenoxy) is 3. The van der Waals surface area contributed by atoms with Crippen molar-refractivity contribution in [3.63, 3.8) is 0 Å². The van der Waals surface area contributed by atoms with E-state index in [1.54, 1.807) is 0 Å². The Morgan fingerprint density at radius 3 is 0.669 bits per heavy atom. The SMILES string of the molecule is CC(C)(C)c1cc2c(c(C(C)(C)C)c1)OC1(c3c(cc(C(C)(C)C)cc3C(C)(C)C)C2)c2c(cc(C(C)(C)C)cc2C(C)(C)C)Cc2cc(C(C)(C)C)cc(C(C)(C)C)c2[C@]12Oc1c(cc(C(C)(C)C)cc1C(C)(C)C)Cc1cc(C(C)(C)C)cc(C(C)(C)C)c1[C@]21Oc2c(cc(C(C)(C)C)cc2C(C)(C)C)Cc2cc(C(C)(C)C)cc(C(C)(C)C)c2C1O. The summed E-state index contributed by atoms with van der Waals surface area (Å²) >= 11 is 0. The smallest absolute Gasteiger partial charge is 0.229 e. The lowest BCUT2D eigenvalue weighted by Crippen LogP contribution is -2.73. The third-order valence-corrected chi connectivity index (χ3v) is 28.4. The second-order valence-electron chi connectivity index (χ2n) is 55.9. The molecule has 4 aliphatic rings. The van der Waals surface area contributed by atoms with Crippen LogP contribution < -0.4 is 14.2 Å². The van der Waals surface area contributed by atoms with Gasteiger partial charge in [-0.1, -0.05) is 429 Å². The zero-order chi connectivity index (χ0) is 93.8. The summed E-state index contributed by atoms with van der Waals surface area (Å²) in [5.74, 6) is 2.43. The predicted molar refractivity (Wildman–Crippen MR) is 533 cm³/mol. The van der Waals surface area contributed by atoms with E-state index in [1.807, 2.05) is 0 Å². The van der Waals surface area contributed by atoms with E-state index in [4.69, 9.17) is 0 Å². The van der Waals surface area contributed by atoms with Crippen LogP contribution in [-0.2, 0) is 129 Å². The van der Waals surface area contributed by atoms with Crippen molar-refractivity contribution in [3.8, 4) is 17.2 Å². The Morgan fingerprint density at radius 1 is 0.202 bits per heavy atom. The molecule has 0 radical (unpaired) electrons. The molecule has 4 nitrogen and oxygen atoms in total. The molecule has 0 saturated heterocycles. The number of hydrogen-bond acceptors (Lipinski definition) is 4. The van der Waals surface area contributed by atoms with Gasteiger partial charge in [-0.25, -0.2) is 0 Å². The van der Waals surface area contributed by atoms with Gasteiger partial charge in [0.25, 0.3) is 0 Å². The van der Waals surface area contributed by atoms with E-state index >= 15 is 5.11 Å². The zero-order valence-corrected chi connectivity index (χ0v) is 87.8. The van der Waals surface area contributed by atoms with Crippen molar-refractivity contribution < 1.29 is 19.3 Å². The van der Waals surface area contributed by atoms with Crippen LogP contribution in [0.25, 0.3) is 0 Å². The number of fused-ring (bicyclic) bond motifs is 14. The van der Waals surface area contributed by atoms with Gasteiger partial charge in [0, 0.05) is 58.2 Å². The average Bonchev–Trinajstić information content (AvgIpc) is 1.16. The largest absolute Gasteiger partial charge is 0.474 e. The third kappa shape index (κ3) is 16.6. The van der Waals surface area contributed by atoms with Crippen LogP contribution in [0.4, 0.5) is 0 Å². The lowest BCUT2D eigenvalue weighted by atomic mass is 9.50. The van der Waals surface area contributed by atoms with Crippen molar-refractivity contribution in [1.82, 2.24) is 0 Å². The molecule has 3 aliphatic heterocycles. The highest BCUT2D eigenvalue weighted by Gasteiger charge is 2.80. The summed E-state index contributed by atoms with van der Waals surface area (Å²) in [6.07, 6.45) is 0.331. The van der Waals surface area contributed by atoms with E-state index in [-0.39, 0.29) is 43.3 Å². The van der Waals surface area contributed by atoms with Gasteiger partial charge in [-0.3, -0.25) is 0 Å². The van der Waals surface area contributed by atoms with E-state index < -0.39 is 66.2 Å². The van der Waals surface area contributed by atoms with Crippen LogP contribution in [0.2, 0.25) is 0 Å². The first kappa shape index (κ1) is 96.2. The second kappa shape index (κ2) is 29.3. The van der Waals surface area contributed by atoms with Crippen molar-refractivity contribution in [2.75, 3.05) is 0 Å². The summed E-state index contributed by atoms with van der Waals surface area (Å²) in [7, 11) is 0. The second-order valence-corrected chi connectivity index (χ2v) is 55.9. The van der Waals surface area contributed by atoms with E-state index in [2.05, 4.69) is 429 Å². The minimum Gasteiger partial charge on any atom is -0.474 e. The molecular weight excluding hydrogens is 1510 g/mol. The van der Waals surface area contributed by atoms with Gasteiger partial charge in [0.1, 0.15) is 23.4 Å². The Morgan fingerprint density at radius 2 is 0.395 bits per heavy atom. The van der Waals surface area contributed by atoms with Gasteiger partial charge >= 0.3 is 0 Å². The van der Waals surface area contributed by atoms with E-state index in [1.165, 1.54) is 66.8 Å². The molecule has 124 heavy (non-hydrogen) atoms. The minimum atomic E-state index is -2.22. The molecule has 0 bridgehead atoms. The summed E-state index contributed by atoms with van der Waals surface area (Å²) < 4.78 is 31.5. The lowest BCUT2D eigenvalue weighted by molar-refractivity contribution is -0.255. The topological polar surface area (TPSA) is 47.9 Å². The van der Waals surface area contributed by atoms with E-state index in [9.17, 15) is 14.2 Å². The number of rotatable bonds is 0. The zero-order valence-electron chi connectivity index (χ0n) is 87.8. The van der Waals surface area contributed by atoms with Crippen molar-refractivity contribution in [2.45, 2.75) is 468 Å². The maximum Gasteiger partial charge on any atom is 0.229 e. The molecule has 4 atom stereocenters. The highest BCUT2D eigenvalue weighted by atomic mass is 16.6. The normalized spacial score (nSPS) is 19.7. The first-order valence-electron chi connectivity index (χ1n) is 47.6. The third-order valence-electron chi connectivity index (χ3n) is 28.4. The van der Waals surface area contributed by atoms with Gasteiger partial charge in [0.15, 0.2) is 0 Å². The molecule has 0 saturated carbocycles. The Kier molecular flexibility index (Phi) is 22.7. The van der Waals surface area contributed by atoms with E-state index in [0.29, 0.717) is 25.7 Å². The molecule has 3 heterocycles. The molecule has 1 N–H and O–H groups in total. The Balaban J connectivity index is 1.72. The fraction of sp³-hybridized carbons (Fsp3) is 0.600. The van der Waals surface area contributed by atoms with Gasteiger partial charge in [-0.05, 0) is 215 Å². The van der Waals surface area contributed by atoms with Gasteiger partial charge < -0.3 is 19.3 Å². The monoisotopic (exact) mass is 1680 g/mol. The molecule has 2 unspecified atom stereocenters. The van der Waals surface area contributed by atoms with Crippen molar-refractivity contribution in [1.29, 1.82) is 0 Å². The van der Waals surface area contributed by atoms with Crippen molar-refractivity contribution >= 4 is 0 Å². The maximum absolute atomic E-state index is 18.2. The summed E-state index contributed by atoms with van der Waals surface area (Å²) in [6, 6.07) is 41.4. The Labute approximate surface area is 757 Å². The summed E-state index contributed by atoms with van der Waals surface area (Å²) in [4.78, 5) is 0. The number of aliphatic hydroxyl groups excluding tert-OH is 1. The van der Waals surface area contributed by atoms with Crippen LogP contribution in [0.15, 0.2) is 97.1 Å². The quantitative estimate of drug-likeness (QED) is 0.164. The predicted octanol–water partition coefficient (Wildman–Crippen LogP) is 32.1. The highest BCUT2D eigenvalue weighted by molar-refractivity contribution is 5.74. The summed E-state index contributed by atoms with van der Waals surface area (Å²) in [5.41, 5.74) is 18.7. The van der Waals surface area contributed by atoms with Crippen LogP contribution >= 0.6 is 0 Å². The molecule has 1 aliphatic carbocycles. The highest BCUT2D eigenvalue weighted by Crippen LogP contribution is 2.74. The lowest BCUT2D eigenvalue weighted by Gasteiger charge is -2.63. The van der Waals surface area contributed by atoms with Crippen LogP contribution in [0, 0.1) is 0 Å². The van der Waals surface area contributed by atoms with Crippen LogP contribution in [0.5, 0.6) is 17.2 Å². The summed E-state index contributed by atoms with van der Waals surface area (Å²) in [6.45, 7) is 116. The number of aliphatic hydroxyl groups is 1. The van der Waals surface area contributed by atoms with Gasteiger partial charge in [0.05, 0.1) is 0 Å². The molecule has 0 fully saturated rings. The Bertz CT molecular complexity index is 5480. The molecule has 8 aromatic carbocycles. The minimum absolute atomic E-state index is 0.284. The number of hydrogen-bond donors (Lipinski definition) is 1. The average molecular weight is 1680 g/mol. The molecule has 4 heteroatoms. The molecule has 12 rings (SSSR count). The van der Waals surface area contributed by atoms with Crippen LogP contribution in [0.3, 0.4) is 0 Å². The maximum atomic E-state index is 18.2. The van der Waals surface area contributed by atoms with Gasteiger partial charge in [0.2, 0.25) is 16.8 Å². The van der Waals surface area contributed by atoms with Crippen molar-refractivity contribution in [2.24, 2.45) is 0 Å². The molecule has 0 aromatic heterocycles. The van der Waals surface area contributed by atoms with Gasteiger partial charge in [-0.15, -0.1) is 0 Å². The van der Waals surface area contributed by atoms with Crippen molar-refractivity contribution in [3.05, 3.63) is 258 Å². The Hall–Kier alpha value is -6.88. The van der Waals surface area contributed by atoms with E-state index in [0.717, 1.165) is 112 Å². The molecule has 3 spiro atoms. The summed E-state index contributed by atoms with van der Waals surface area (Å²) in [5, 5.41) is 18.2. The molecular formula is C120H170O4. The van der Waals surface area contributed by atoms with Gasteiger partial charge in [-0.2, -0.15) is 0 Å². The first-order valence-corrected chi connectivity index (χ1v) is 47.6. The van der Waals surface area contributed by atoms with Crippen LogP contribution in [0.1, 0.15) is 500 Å².